The number of methoxy groups -OCH3 is 1. The van der Waals surface area contributed by atoms with Crippen LogP contribution in [-0.2, 0) is 26.6 Å². The number of hydrogen-bond acceptors (Lipinski definition) is 8. The normalized spacial score (nSPS) is 11.7. The lowest BCUT2D eigenvalue weighted by Crippen LogP contribution is -2.57. The molecule has 0 N–H and O–H groups in total. The Bertz CT molecular complexity index is 1510. The van der Waals surface area contributed by atoms with Crippen LogP contribution in [0.25, 0.3) is 22.2 Å². The van der Waals surface area contributed by atoms with Crippen molar-refractivity contribution in [3.63, 3.8) is 0 Å². The minimum absolute atomic E-state index is 0.0245. The van der Waals surface area contributed by atoms with Crippen LogP contribution in [0.2, 0.25) is 0 Å². The molecule has 0 aliphatic carbocycles. The Labute approximate surface area is 188 Å². The quantitative estimate of drug-likeness (QED) is 0.536. The highest BCUT2D eigenvalue weighted by molar-refractivity contribution is 7.92. The van der Waals surface area contributed by atoms with Gasteiger partial charge in [0.25, 0.3) is 21.5 Å². The minimum atomic E-state index is -4.39. The highest BCUT2D eigenvalue weighted by Gasteiger charge is 2.30. The molecule has 33 heavy (non-hydrogen) atoms. The molecule has 13 heteroatoms. The van der Waals surface area contributed by atoms with E-state index in [0.29, 0.717) is 27.6 Å². The van der Waals surface area contributed by atoms with Crippen molar-refractivity contribution in [1.82, 2.24) is 19.0 Å². The van der Waals surface area contributed by atoms with Crippen molar-refractivity contribution in [3.05, 3.63) is 50.8 Å². The summed E-state index contributed by atoms with van der Waals surface area (Å²) in [5.41, 5.74) is -0.595. The van der Waals surface area contributed by atoms with E-state index in [1.807, 2.05) is 13.8 Å². The fourth-order valence-electron chi connectivity index (χ4n) is 3.65. The Morgan fingerprint density at radius 3 is 2.27 bits per heavy atom. The summed E-state index contributed by atoms with van der Waals surface area (Å²) < 4.78 is 31.5. The van der Waals surface area contributed by atoms with Crippen LogP contribution >= 0.6 is 0 Å². The van der Waals surface area contributed by atoms with Gasteiger partial charge in [-0.2, -0.15) is 9.67 Å². The van der Waals surface area contributed by atoms with Crippen molar-refractivity contribution >= 4 is 32.9 Å². The maximum absolute atomic E-state index is 13.4. The zero-order chi connectivity index (χ0) is 24.8. The first-order valence-electron chi connectivity index (χ1n) is 9.74. The molecule has 0 atom stereocenters. The number of aryl methyl sites for hydroxylation is 1. The fraction of sp³-hybridized carbons (Fsp3) is 0.350. The van der Waals surface area contributed by atoms with E-state index >= 15 is 0 Å². The van der Waals surface area contributed by atoms with Gasteiger partial charge in [-0.25, -0.2) is 18.0 Å². The standard InChI is InChI=1S/C20H23N5O7S/c1-11(2)13-10-17-15(9-14(13)16-7-8-21-22(16)4)18(27)24(19(28)23(17)20(29)32-5)25(12(3)26)33(6,30)31/h7-11H,1-6H3. The van der Waals surface area contributed by atoms with Crippen molar-refractivity contribution in [2.24, 2.45) is 7.05 Å². The van der Waals surface area contributed by atoms with E-state index in [1.165, 1.54) is 12.1 Å². The highest BCUT2D eigenvalue weighted by atomic mass is 32.2. The number of hydrogen-bond donors (Lipinski definition) is 0. The first-order chi connectivity index (χ1) is 15.3. The molecular formula is C20H23N5O7S. The lowest BCUT2D eigenvalue weighted by atomic mass is 9.93. The Kier molecular flexibility index (Phi) is 6.02. The van der Waals surface area contributed by atoms with Gasteiger partial charge in [0.1, 0.15) is 0 Å². The maximum atomic E-state index is 13.4. The van der Waals surface area contributed by atoms with Crippen molar-refractivity contribution in [3.8, 4) is 11.3 Å². The molecule has 2 heterocycles. The van der Waals surface area contributed by atoms with Crippen LogP contribution in [0.5, 0.6) is 0 Å². The van der Waals surface area contributed by atoms with Crippen LogP contribution in [0.4, 0.5) is 4.79 Å². The zero-order valence-electron chi connectivity index (χ0n) is 18.9. The van der Waals surface area contributed by atoms with Crippen LogP contribution in [0.1, 0.15) is 32.3 Å². The lowest BCUT2D eigenvalue weighted by molar-refractivity contribution is -0.116. The molecule has 1 amide bonds. The molecular weight excluding hydrogens is 454 g/mol. The second-order valence-corrected chi connectivity index (χ2v) is 9.49. The number of benzene rings is 1. The van der Waals surface area contributed by atoms with Gasteiger partial charge in [-0.05, 0) is 29.7 Å². The molecule has 0 bridgehead atoms. The first-order valence-corrected chi connectivity index (χ1v) is 11.6. The average molecular weight is 477 g/mol. The number of carbonyl (C=O) groups is 2. The Morgan fingerprint density at radius 1 is 1.18 bits per heavy atom. The predicted octanol–water partition coefficient (Wildman–Crippen LogP) is 0.746. The van der Waals surface area contributed by atoms with Crippen LogP contribution in [0.15, 0.2) is 34.0 Å². The summed E-state index contributed by atoms with van der Waals surface area (Å²) >= 11 is 0. The van der Waals surface area contributed by atoms with E-state index in [1.54, 1.807) is 24.0 Å². The van der Waals surface area contributed by atoms with Crippen LogP contribution in [0, 0.1) is 0 Å². The number of nitrogens with zero attached hydrogens (tertiary/aromatic N) is 5. The van der Waals surface area contributed by atoms with E-state index in [4.69, 9.17) is 4.74 Å². The highest BCUT2D eigenvalue weighted by Crippen LogP contribution is 2.32. The van der Waals surface area contributed by atoms with E-state index in [0.717, 1.165) is 14.0 Å². The molecule has 176 valence electrons. The van der Waals surface area contributed by atoms with Gasteiger partial charge in [0.15, 0.2) is 0 Å². The van der Waals surface area contributed by atoms with Gasteiger partial charge in [0.05, 0.1) is 30.0 Å². The van der Waals surface area contributed by atoms with Crippen molar-refractivity contribution in [2.75, 3.05) is 17.8 Å². The number of carbonyl (C=O) groups excluding carboxylic acids is 2. The van der Waals surface area contributed by atoms with Gasteiger partial charge in [-0.1, -0.05) is 13.8 Å². The summed E-state index contributed by atoms with van der Waals surface area (Å²) in [5.74, 6) is -1.20. The zero-order valence-corrected chi connectivity index (χ0v) is 19.7. The van der Waals surface area contributed by atoms with Crippen molar-refractivity contribution in [1.29, 1.82) is 0 Å². The smallest absolute Gasteiger partial charge is 0.422 e. The van der Waals surface area contributed by atoms with Crippen LogP contribution in [-0.4, -0.2) is 52.8 Å². The largest absolute Gasteiger partial charge is 0.452 e. The molecule has 3 rings (SSSR count). The number of fused-ring (bicyclic) bond motifs is 1. The molecule has 12 nitrogen and oxygen atoms in total. The summed E-state index contributed by atoms with van der Waals surface area (Å²) in [6.45, 7) is 4.66. The Balaban J connectivity index is 2.63. The summed E-state index contributed by atoms with van der Waals surface area (Å²) in [6.07, 6.45) is 1.08. The van der Waals surface area contributed by atoms with Crippen LogP contribution < -0.4 is 15.7 Å². The number of rotatable bonds is 4. The average Bonchev–Trinajstić information content (AvgIpc) is 3.14. The number of ether oxygens (including phenoxy) is 1. The van der Waals surface area contributed by atoms with E-state index in [9.17, 15) is 27.6 Å². The molecule has 0 spiro atoms. The molecule has 0 aliphatic rings. The monoisotopic (exact) mass is 477 g/mol. The SMILES string of the molecule is COC(=O)n1c(=O)n(N(C(C)=O)S(C)(=O)=O)c(=O)c2cc(-c3ccnn3C)c(C(C)C)cc21. The summed E-state index contributed by atoms with van der Waals surface area (Å²) in [7, 11) is -1.66. The van der Waals surface area contributed by atoms with E-state index in [2.05, 4.69) is 5.10 Å². The van der Waals surface area contributed by atoms with Gasteiger partial charge in [0.2, 0.25) is 0 Å². The van der Waals surface area contributed by atoms with Crippen LogP contribution in [0.3, 0.4) is 0 Å². The molecule has 0 aliphatic heterocycles. The van der Waals surface area contributed by atoms with Gasteiger partial charge < -0.3 is 4.74 Å². The topological polar surface area (TPSA) is 143 Å². The Morgan fingerprint density at radius 2 is 1.82 bits per heavy atom. The summed E-state index contributed by atoms with van der Waals surface area (Å²) in [4.78, 5) is 51.3. The van der Waals surface area contributed by atoms with Crippen molar-refractivity contribution in [2.45, 2.75) is 26.7 Å². The third-order valence-electron chi connectivity index (χ3n) is 5.05. The second-order valence-electron chi connectivity index (χ2n) is 7.68. The van der Waals surface area contributed by atoms with E-state index < -0.39 is 33.3 Å². The molecule has 0 unspecified atom stereocenters. The predicted molar refractivity (Wildman–Crippen MR) is 120 cm³/mol. The van der Waals surface area contributed by atoms with Gasteiger partial charge in [0, 0.05) is 25.7 Å². The second kappa shape index (κ2) is 8.31. The molecule has 0 radical (unpaired) electrons. The fourth-order valence-corrected chi connectivity index (χ4v) is 4.56. The van der Waals surface area contributed by atoms with E-state index in [-0.39, 0.29) is 25.9 Å². The third kappa shape index (κ3) is 3.95. The van der Waals surface area contributed by atoms with Gasteiger partial charge in [-0.3, -0.25) is 14.3 Å². The summed E-state index contributed by atoms with van der Waals surface area (Å²) in [6, 6.07) is 4.67. The van der Waals surface area contributed by atoms with Gasteiger partial charge in [-0.15, -0.1) is 9.09 Å². The van der Waals surface area contributed by atoms with Gasteiger partial charge >= 0.3 is 11.8 Å². The lowest BCUT2D eigenvalue weighted by Gasteiger charge is -2.22. The first kappa shape index (κ1) is 23.9. The number of amides is 1. The minimum Gasteiger partial charge on any atom is -0.452 e. The van der Waals surface area contributed by atoms with Crippen molar-refractivity contribution < 1.29 is 22.7 Å². The molecule has 0 saturated heterocycles. The number of sulfonamides is 1. The maximum Gasteiger partial charge on any atom is 0.422 e. The molecule has 0 fully saturated rings. The molecule has 3 aromatic rings. The molecule has 2 aromatic heterocycles. The Hall–Kier alpha value is -3.74. The molecule has 0 saturated carbocycles. The summed E-state index contributed by atoms with van der Waals surface area (Å²) in [5, 5.41) is 3.97. The third-order valence-corrected chi connectivity index (χ3v) is 6.09. The number of aromatic nitrogens is 4. The molecule has 1 aromatic carbocycles.